The maximum Gasteiger partial charge on any atom is 0.250 e. The first-order chi connectivity index (χ1) is 8.08. The molecular formula is C10H15ClN2O2S2. The number of hydrogen-bond acceptors (Lipinski definition) is 4. The molecule has 0 saturated carbocycles. The van der Waals surface area contributed by atoms with E-state index in [-0.39, 0.29) is 4.21 Å². The summed E-state index contributed by atoms with van der Waals surface area (Å²) in [7, 11) is -3.37. The van der Waals surface area contributed by atoms with Crippen LogP contribution in [0.15, 0.2) is 16.3 Å². The second-order valence-electron chi connectivity index (χ2n) is 4.04. The van der Waals surface area contributed by atoms with Crippen molar-refractivity contribution in [2.24, 2.45) is 0 Å². The van der Waals surface area contributed by atoms with Crippen LogP contribution in [0.2, 0.25) is 4.34 Å². The maximum absolute atomic E-state index is 11.8. The van der Waals surface area contributed by atoms with Gasteiger partial charge >= 0.3 is 0 Å². The van der Waals surface area contributed by atoms with E-state index in [1.165, 1.54) is 12.5 Å². The van der Waals surface area contributed by atoms with Gasteiger partial charge in [0, 0.05) is 12.6 Å². The van der Waals surface area contributed by atoms with Crippen LogP contribution in [0.4, 0.5) is 0 Å². The van der Waals surface area contributed by atoms with E-state index in [4.69, 9.17) is 11.6 Å². The van der Waals surface area contributed by atoms with Crippen LogP contribution in [0.25, 0.3) is 0 Å². The minimum Gasteiger partial charge on any atom is -0.314 e. The van der Waals surface area contributed by atoms with Gasteiger partial charge in [0.05, 0.1) is 4.34 Å². The lowest BCUT2D eigenvalue weighted by Gasteiger charge is -2.10. The zero-order valence-electron chi connectivity index (χ0n) is 9.28. The van der Waals surface area contributed by atoms with E-state index in [0.29, 0.717) is 16.9 Å². The minimum atomic E-state index is -3.37. The molecule has 2 N–H and O–H groups in total. The Morgan fingerprint density at radius 3 is 2.94 bits per heavy atom. The summed E-state index contributed by atoms with van der Waals surface area (Å²) >= 11 is 6.80. The SMILES string of the molecule is O=S(=O)(NCC[C@@H]1CCCN1)c1ccc(Cl)s1. The van der Waals surface area contributed by atoms with Crippen molar-refractivity contribution in [2.75, 3.05) is 13.1 Å². The Morgan fingerprint density at radius 1 is 1.53 bits per heavy atom. The zero-order chi connectivity index (χ0) is 12.3. The number of sulfonamides is 1. The average Bonchev–Trinajstić information content (AvgIpc) is 2.89. The lowest BCUT2D eigenvalue weighted by Crippen LogP contribution is -2.30. The molecule has 17 heavy (non-hydrogen) atoms. The number of rotatable bonds is 5. The summed E-state index contributed by atoms with van der Waals surface area (Å²) in [6.07, 6.45) is 3.14. The largest absolute Gasteiger partial charge is 0.314 e. The van der Waals surface area contributed by atoms with Crippen molar-refractivity contribution in [1.82, 2.24) is 10.0 Å². The molecule has 96 valence electrons. The second kappa shape index (κ2) is 5.67. The zero-order valence-corrected chi connectivity index (χ0v) is 11.7. The average molecular weight is 295 g/mol. The molecule has 2 heterocycles. The Morgan fingerprint density at radius 2 is 2.35 bits per heavy atom. The van der Waals surface area contributed by atoms with Gasteiger partial charge in [0.1, 0.15) is 4.21 Å². The van der Waals surface area contributed by atoms with Gasteiger partial charge in [-0.2, -0.15) is 0 Å². The third kappa shape index (κ3) is 3.66. The molecular weight excluding hydrogens is 280 g/mol. The minimum absolute atomic E-state index is 0.280. The topological polar surface area (TPSA) is 58.2 Å². The van der Waals surface area contributed by atoms with E-state index in [0.717, 1.165) is 30.7 Å². The first kappa shape index (κ1) is 13.3. The number of hydrogen-bond donors (Lipinski definition) is 2. The van der Waals surface area contributed by atoms with Crippen LogP contribution >= 0.6 is 22.9 Å². The Balaban J connectivity index is 1.85. The van der Waals surface area contributed by atoms with Gasteiger partial charge in [-0.1, -0.05) is 11.6 Å². The highest BCUT2D eigenvalue weighted by Crippen LogP contribution is 2.25. The summed E-state index contributed by atoms with van der Waals surface area (Å²) in [4.78, 5) is 0. The molecule has 1 aromatic heterocycles. The second-order valence-corrected chi connectivity index (χ2v) is 7.75. The van der Waals surface area contributed by atoms with Crippen LogP contribution in [0, 0.1) is 0 Å². The van der Waals surface area contributed by atoms with Crippen LogP contribution < -0.4 is 10.0 Å². The summed E-state index contributed by atoms with van der Waals surface area (Å²) in [5.74, 6) is 0. The molecule has 0 bridgehead atoms. The van der Waals surface area contributed by atoms with E-state index < -0.39 is 10.0 Å². The van der Waals surface area contributed by atoms with E-state index in [2.05, 4.69) is 10.0 Å². The van der Waals surface area contributed by atoms with Crippen LogP contribution in [0.1, 0.15) is 19.3 Å². The maximum atomic E-state index is 11.8. The van der Waals surface area contributed by atoms with Gasteiger partial charge in [0.2, 0.25) is 10.0 Å². The molecule has 1 aromatic rings. The Labute approximate surface area is 110 Å². The lowest BCUT2D eigenvalue weighted by molar-refractivity contribution is 0.540. The molecule has 0 aliphatic carbocycles. The van der Waals surface area contributed by atoms with Gasteiger partial charge < -0.3 is 5.32 Å². The standard InChI is InChI=1S/C10H15ClN2O2S2/c11-9-3-4-10(16-9)17(14,15)13-7-5-8-2-1-6-12-8/h3-4,8,12-13H,1-2,5-7H2/t8-/m0/s1. The normalized spacial score (nSPS) is 20.9. The molecule has 1 fully saturated rings. The predicted octanol–water partition coefficient (Wildman–Crippen LogP) is 1.82. The van der Waals surface area contributed by atoms with Gasteiger partial charge in [-0.15, -0.1) is 11.3 Å². The summed E-state index contributed by atoms with van der Waals surface area (Å²) < 4.78 is 27.0. The molecule has 0 amide bonds. The van der Waals surface area contributed by atoms with Crippen LogP contribution in [-0.2, 0) is 10.0 Å². The van der Waals surface area contributed by atoms with E-state index in [1.807, 2.05) is 0 Å². The first-order valence-corrected chi connectivity index (χ1v) is 8.24. The van der Waals surface area contributed by atoms with Crippen molar-refractivity contribution in [3.8, 4) is 0 Å². The molecule has 0 unspecified atom stereocenters. The van der Waals surface area contributed by atoms with Crippen molar-refractivity contribution in [3.05, 3.63) is 16.5 Å². The highest BCUT2D eigenvalue weighted by Gasteiger charge is 2.18. The number of nitrogens with one attached hydrogen (secondary N) is 2. The number of thiophene rings is 1. The fourth-order valence-electron chi connectivity index (χ4n) is 1.88. The summed E-state index contributed by atoms with van der Waals surface area (Å²) in [6, 6.07) is 3.58. The van der Waals surface area contributed by atoms with Crippen LogP contribution in [-0.4, -0.2) is 27.5 Å². The van der Waals surface area contributed by atoms with Crippen molar-refractivity contribution in [1.29, 1.82) is 0 Å². The first-order valence-electron chi connectivity index (χ1n) is 5.56. The fraction of sp³-hybridized carbons (Fsp3) is 0.600. The summed E-state index contributed by atoms with van der Waals surface area (Å²) in [5.41, 5.74) is 0. The molecule has 1 aliphatic heterocycles. The fourth-order valence-corrected chi connectivity index (χ4v) is 4.46. The number of halogens is 1. The molecule has 1 saturated heterocycles. The van der Waals surface area contributed by atoms with Crippen molar-refractivity contribution < 1.29 is 8.42 Å². The molecule has 0 radical (unpaired) electrons. The van der Waals surface area contributed by atoms with Crippen molar-refractivity contribution in [3.63, 3.8) is 0 Å². The predicted molar refractivity (Wildman–Crippen MR) is 70.2 cm³/mol. The lowest BCUT2D eigenvalue weighted by atomic mass is 10.2. The molecule has 7 heteroatoms. The molecule has 0 spiro atoms. The highest BCUT2D eigenvalue weighted by molar-refractivity contribution is 7.91. The van der Waals surface area contributed by atoms with Gasteiger partial charge in [0.25, 0.3) is 0 Å². The van der Waals surface area contributed by atoms with E-state index in [9.17, 15) is 8.42 Å². The molecule has 2 rings (SSSR count). The monoisotopic (exact) mass is 294 g/mol. The van der Waals surface area contributed by atoms with E-state index >= 15 is 0 Å². The third-order valence-electron chi connectivity index (χ3n) is 2.76. The molecule has 1 atom stereocenters. The van der Waals surface area contributed by atoms with Gasteiger partial charge in [-0.05, 0) is 37.9 Å². The Kier molecular flexibility index (Phi) is 4.43. The summed E-state index contributed by atoms with van der Waals surface area (Å²) in [6.45, 7) is 1.51. The van der Waals surface area contributed by atoms with Crippen molar-refractivity contribution in [2.45, 2.75) is 29.5 Å². The smallest absolute Gasteiger partial charge is 0.250 e. The molecule has 1 aliphatic rings. The van der Waals surface area contributed by atoms with Gasteiger partial charge in [-0.25, -0.2) is 13.1 Å². The quantitative estimate of drug-likeness (QED) is 0.871. The Bertz CT molecular complexity index is 466. The van der Waals surface area contributed by atoms with Crippen molar-refractivity contribution >= 4 is 33.0 Å². The van der Waals surface area contributed by atoms with Crippen LogP contribution in [0.5, 0.6) is 0 Å². The molecule has 4 nitrogen and oxygen atoms in total. The highest BCUT2D eigenvalue weighted by atomic mass is 35.5. The van der Waals surface area contributed by atoms with E-state index in [1.54, 1.807) is 6.07 Å². The Hall–Kier alpha value is -0.140. The third-order valence-corrected chi connectivity index (χ3v) is 5.94. The molecule has 0 aromatic carbocycles. The van der Waals surface area contributed by atoms with Gasteiger partial charge in [0.15, 0.2) is 0 Å². The van der Waals surface area contributed by atoms with Crippen LogP contribution in [0.3, 0.4) is 0 Å². The van der Waals surface area contributed by atoms with Gasteiger partial charge in [-0.3, -0.25) is 0 Å². The summed E-state index contributed by atoms with van der Waals surface area (Å²) in [5, 5.41) is 3.33.